The summed E-state index contributed by atoms with van der Waals surface area (Å²) >= 11 is 0. The first-order valence-corrected chi connectivity index (χ1v) is 13.3. The molecular weight excluding hydrogens is 524 g/mol. The molecule has 214 valence electrons. The third-order valence-electron chi connectivity index (χ3n) is 5.75. The van der Waals surface area contributed by atoms with Gasteiger partial charge in [0, 0.05) is 31.4 Å². The van der Waals surface area contributed by atoms with Gasteiger partial charge in [0.05, 0.1) is 26.4 Å². The average molecular weight is 559 g/mol. The van der Waals surface area contributed by atoms with Crippen LogP contribution < -0.4 is 14.2 Å². The minimum absolute atomic E-state index is 0.250. The van der Waals surface area contributed by atoms with Gasteiger partial charge in [0.15, 0.2) is 0 Å². The van der Waals surface area contributed by atoms with Gasteiger partial charge >= 0.3 is 17.9 Å². The lowest BCUT2D eigenvalue weighted by atomic mass is 10.0. The molecule has 0 aliphatic carbocycles. The van der Waals surface area contributed by atoms with Crippen molar-refractivity contribution in [1.82, 2.24) is 0 Å². The van der Waals surface area contributed by atoms with Crippen molar-refractivity contribution >= 4 is 17.9 Å². The van der Waals surface area contributed by atoms with E-state index >= 15 is 0 Å². The molecule has 0 fully saturated rings. The van der Waals surface area contributed by atoms with Gasteiger partial charge < -0.3 is 23.7 Å². The molecule has 0 amide bonds. The normalized spacial score (nSPS) is 10.2. The Hall–Kier alpha value is -4.85. The largest absolute Gasteiger partial charge is 0.493 e. The van der Waals surface area contributed by atoms with Crippen molar-refractivity contribution in [3.05, 3.63) is 104 Å². The maximum atomic E-state index is 12.3. The first-order chi connectivity index (χ1) is 20.0. The summed E-state index contributed by atoms with van der Waals surface area (Å²) in [5.74, 6) is 0.605. The van der Waals surface area contributed by atoms with Gasteiger partial charge in [-0.15, -0.1) is 0 Å². The molecule has 0 aromatic heterocycles. The summed E-state index contributed by atoms with van der Waals surface area (Å²) in [6, 6.07) is 22.6. The third kappa shape index (κ3) is 11.4. The maximum Gasteiger partial charge on any atom is 0.330 e. The van der Waals surface area contributed by atoms with Gasteiger partial charge in [-0.05, 0) is 59.5 Å². The van der Waals surface area contributed by atoms with Crippen LogP contribution in [0.2, 0.25) is 0 Å². The topological polar surface area (TPSA) is 97.4 Å². The van der Waals surface area contributed by atoms with E-state index in [-0.39, 0.29) is 25.6 Å². The van der Waals surface area contributed by atoms with E-state index in [1.165, 1.54) is 0 Å². The Balaban J connectivity index is 1.36. The van der Waals surface area contributed by atoms with Crippen molar-refractivity contribution in [3.63, 3.8) is 0 Å². The second-order valence-electron chi connectivity index (χ2n) is 8.81. The van der Waals surface area contributed by atoms with Crippen LogP contribution in [0.4, 0.5) is 0 Å². The van der Waals surface area contributed by atoms with Gasteiger partial charge in [-0.3, -0.25) is 4.79 Å². The minimum atomic E-state index is -0.457. The van der Waals surface area contributed by atoms with Gasteiger partial charge in [-0.2, -0.15) is 0 Å². The van der Waals surface area contributed by atoms with Crippen LogP contribution in [0.3, 0.4) is 0 Å². The summed E-state index contributed by atoms with van der Waals surface area (Å²) in [6.45, 7) is 8.07. The van der Waals surface area contributed by atoms with E-state index < -0.39 is 11.9 Å². The molecule has 0 aliphatic heterocycles. The smallest absolute Gasteiger partial charge is 0.330 e. The average Bonchev–Trinajstić information content (AvgIpc) is 3.00. The van der Waals surface area contributed by atoms with E-state index in [1.54, 1.807) is 24.3 Å². The number of ether oxygens (including phenoxy) is 5. The summed E-state index contributed by atoms with van der Waals surface area (Å²) < 4.78 is 26.5. The number of rotatable bonds is 17. The summed E-state index contributed by atoms with van der Waals surface area (Å²) in [6.07, 6.45) is 4.22. The molecule has 0 radical (unpaired) electrons. The molecule has 0 saturated heterocycles. The SMILES string of the molecule is C=CC(=O)OCCCOc1ccc(OC(=O)CCc2ccc(-c3ccc(OCCCOC(=O)C=C)cc3)cc2)cc1. The second kappa shape index (κ2) is 17.0. The fraction of sp³-hybridized carbons (Fsp3) is 0.242. The first kappa shape index (κ1) is 30.7. The van der Waals surface area contributed by atoms with E-state index in [2.05, 4.69) is 13.2 Å². The summed E-state index contributed by atoms with van der Waals surface area (Å²) in [5.41, 5.74) is 3.14. The van der Waals surface area contributed by atoms with Crippen molar-refractivity contribution < 1.29 is 38.1 Å². The van der Waals surface area contributed by atoms with E-state index in [0.29, 0.717) is 44.0 Å². The Kier molecular flexibility index (Phi) is 12.7. The van der Waals surface area contributed by atoms with E-state index in [4.69, 9.17) is 23.7 Å². The van der Waals surface area contributed by atoms with E-state index in [9.17, 15) is 14.4 Å². The van der Waals surface area contributed by atoms with Crippen LogP contribution in [0.25, 0.3) is 11.1 Å². The van der Waals surface area contributed by atoms with Crippen molar-refractivity contribution in [3.8, 4) is 28.4 Å². The number of carbonyl (C=O) groups is 3. The van der Waals surface area contributed by atoms with Gasteiger partial charge in [-0.25, -0.2) is 9.59 Å². The Morgan fingerprint density at radius 2 is 1.02 bits per heavy atom. The predicted molar refractivity (Wildman–Crippen MR) is 155 cm³/mol. The summed E-state index contributed by atoms with van der Waals surface area (Å²) in [4.78, 5) is 34.3. The number of hydrogen-bond acceptors (Lipinski definition) is 8. The fourth-order valence-corrected chi connectivity index (χ4v) is 3.60. The Bertz CT molecular complexity index is 1280. The molecule has 0 heterocycles. The van der Waals surface area contributed by atoms with Crippen molar-refractivity contribution in [2.45, 2.75) is 25.7 Å². The lowest BCUT2D eigenvalue weighted by Gasteiger charge is -2.09. The zero-order chi connectivity index (χ0) is 29.3. The minimum Gasteiger partial charge on any atom is -0.493 e. The molecule has 0 saturated carbocycles. The van der Waals surface area contributed by atoms with Crippen LogP contribution in [-0.4, -0.2) is 44.3 Å². The molecule has 3 aromatic rings. The zero-order valence-electron chi connectivity index (χ0n) is 22.9. The summed E-state index contributed by atoms with van der Waals surface area (Å²) in [7, 11) is 0. The predicted octanol–water partition coefficient (Wildman–Crippen LogP) is 5.89. The fourth-order valence-electron chi connectivity index (χ4n) is 3.60. The zero-order valence-corrected chi connectivity index (χ0v) is 22.9. The van der Waals surface area contributed by atoms with Crippen LogP contribution in [-0.2, 0) is 30.3 Å². The molecule has 3 aromatic carbocycles. The maximum absolute atomic E-state index is 12.3. The van der Waals surface area contributed by atoms with Gasteiger partial charge in [0.2, 0.25) is 0 Å². The number of hydrogen-bond donors (Lipinski definition) is 0. The molecular formula is C33H34O8. The van der Waals surface area contributed by atoms with Crippen molar-refractivity contribution in [1.29, 1.82) is 0 Å². The van der Waals surface area contributed by atoms with Crippen molar-refractivity contribution in [2.24, 2.45) is 0 Å². The lowest BCUT2D eigenvalue weighted by Crippen LogP contribution is -2.09. The standard InChI is InChI=1S/C33H34O8/c1-3-31(34)39-23-5-21-37-28-14-12-27(13-15-28)26-10-7-25(8-11-26)9-20-33(36)41-30-18-16-29(17-19-30)38-22-6-24-40-32(35)4-2/h3-4,7-8,10-19H,1-2,5-6,9,20-24H2. The quantitative estimate of drug-likeness (QED) is 0.0876. The molecule has 0 aliphatic rings. The molecule has 0 unspecified atom stereocenters. The number of carbonyl (C=O) groups excluding carboxylic acids is 3. The first-order valence-electron chi connectivity index (χ1n) is 13.3. The Morgan fingerprint density at radius 1 is 0.585 bits per heavy atom. The highest BCUT2D eigenvalue weighted by Crippen LogP contribution is 2.24. The molecule has 0 bridgehead atoms. The molecule has 0 atom stereocenters. The highest BCUT2D eigenvalue weighted by atomic mass is 16.5. The van der Waals surface area contributed by atoms with Crippen LogP contribution in [0, 0.1) is 0 Å². The Labute approximate surface area is 240 Å². The monoisotopic (exact) mass is 558 g/mol. The molecule has 0 spiro atoms. The van der Waals surface area contributed by atoms with Crippen LogP contribution >= 0.6 is 0 Å². The van der Waals surface area contributed by atoms with Crippen molar-refractivity contribution in [2.75, 3.05) is 26.4 Å². The number of aryl methyl sites for hydroxylation is 1. The third-order valence-corrected chi connectivity index (χ3v) is 5.75. The molecule has 0 N–H and O–H groups in total. The Morgan fingerprint density at radius 3 is 1.51 bits per heavy atom. The molecule has 8 nitrogen and oxygen atoms in total. The van der Waals surface area contributed by atoms with Crippen LogP contribution in [0.1, 0.15) is 24.8 Å². The van der Waals surface area contributed by atoms with Crippen LogP contribution in [0.15, 0.2) is 98.1 Å². The number of esters is 3. The lowest BCUT2D eigenvalue weighted by molar-refractivity contribution is -0.138. The molecule has 8 heteroatoms. The van der Waals surface area contributed by atoms with E-state index in [1.807, 2.05) is 48.5 Å². The highest BCUT2D eigenvalue weighted by Gasteiger charge is 2.07. The van der Waals surface area contributed by atoms with Gasteiger partial charge in [-0.1, -0.05) is 49.6 Å². The highest BCUT2D eigenvalue weighted by molar-refractivity contribution is 5.81. The molecule has 41 heavy (non-hydrogen) atoms. The van der Waals surface area contributed by atoms with Crippen LogP contribution in [0.5, 0.6) is 17.2 Å². The van der Waals surface area contributed by atoms with E-state index in [0.717, 1.165) is 34.6 Å². The summed E-state index contributed by atoms with van der Waals surface area (Å²) in [5, 5.41) is 0. The molecule has 3 rings (SSSR count). The van der Waals surface area contributed by atoms with Gasteiger partial charge in [0.25, 0.3) is 0 Å². The number of benzene rings is 3. The second-order valence-corrected chi connectivity index (χ2v) is 8.81. The van der Waals surface area contributed by atoms with Gasteiger partial charge in [0.1, 0.15) is 17.2 Å².